The Morgan fingerprint density at radius 3 is 2.57 bits per heavy atom. The zero-order valence-electron chi connectivity index (χ0n) is 8.04. The molecule has 76 valence electrons. The molecule has 0 heterocycles. The summed E-state index contributed by atoms with van der Waals surface area (Å²) in [5.74, 6) is -1.27. The van der Waals surface area contributed by atoms with Crippen molar-refractivity contribution in [3.8, 4) is 5.75 Å². The molecule has 1 aromatic rings. The normalized spacial score (nSPS) is 10.3. The second-order valence-corrected chi connectivity index (χ2v) is 3.33. The van der Waals surface area contributed by atoms with Crippen LogP contribution < -0.4 is 5.32 Å². The number of nitrogens with one attached hydrogen (secondary N) is 1. The van der Waals surface area contributed by atoms with E-state index in [0.29, 0.717) is 0 Å². The van der Waals surface area contributed by atoms with E-state index in [1.807, 2.05) is 0 Å². The van der Waals surface area contributed by atoms with Gasteiger partial charge < -0.3 is 10.4 Å². The van der Waals surface area contributed by atoms with E-state index in [9.17, 15) is 9.18 Å². The Balaban J connectivity index is 2.90. The summed E-state index contributed by atoms with van der Waals surface area (Å²) in [6, 6.07) is 3.23. The summed E-state index contributed by atoms with van der Waals surface area (Å²) < 4.78 is 12.8. The fourth-order valence-electron chi connectivity index (χ4n) is 1.05. The monoisotopic (exact) mass is 197 g/mol. The minimum Gasteiger partial charge on any atom is -0.508 e. The third-order valence-corrected chi connectivity index (χ3v) is 1.56. The van der Waals surface area contributed by atoms with Gasteiger partial charge in [-0.25, -0.2) is 4.39 Å². The molecular weight excluding hydrogens is 185 g/mol. The van der Waals surface area contributed by atoms with Gasteiger partial charge in [-0.05, 0) is 26.0 Å². The van der Waals surface area contributed by atoms with Gasteiger partial charge in [0.25, 0.3) is 5.91 Å². The van der Waals surface area contributed by atoms with E-state index in [1.165, 1.54) is 6.07 Å². The number of benzene rings is 1. The van der Waals surface area contributed by atoms with Gasteiger partial charge in [0.1, 0.15) is 11.6 Å². The molecule has 1 aromatic carbocycles. The van der Waals surface area contributed by atoms with Gasteiger partial charge in [-0.2, -0.15) is 0 Å². The van der Waals surface area contributed by atoms with Crippen LogP contribution in [0.3, 0.4) is 0 Å². The van der Waals surface area contributed by atoms with Crippen LogP contribution in [0.1, 0.15) is 24.2 Å². The Labute approximate surface area is 81.6 Å². The fourth-order valence-corrected chi connectivity index (χ4v) is 1.05. The van der Waals surface area contributed by atoms with Crippen LogP contribution in [-0.4, -0.2) is 17.1 Å². The average molecular weight is 197 g/mol. The Morgan fingerprint density at radius 2 is 2.07 bits per heavy atom. The number of carbonyl (C=O) groups is 1. The molecule has 0 aliphatic rings. The van der Waals surface area contributed by atoms with E-state index in [4.69, 9.17) is 5.11 Å². The molecule has 0 fully saturated rings. The summed E-state index contributed by atoms with van der Waals surface area (Å²) in [5, 5.41) is 11.7. The minimum absolute atomic E-state index is 0.0205. The van der Waals surface area contributed by atoms with Gasteiger partial charge >= 0.3 is 0 Å². The highest BCUT2D eigenvalue weighted by molar-refractivity contribution is 5.94. The third-order valence-electron chi connectivity index (χ3n) is 1.56. The van der Waals surface area contributed by atoms with Gasteiger partial charge in [0.15, 0.2) is 0 Å². The van der Waals surface area contributed by atoms with E-state index in [2.05, 4.69) is 5.32 Å². The predicted octanol–water partition coefficient (Wildman–Crippen LogP) is 1.67. The largest absolute Gasteiger partial charge is 0.508 e. The second-order valence-electron chi connectivity index (χ2n) is 3.33. The molecule has 0 unspecified atom stereocenters. The first-order valence-corrected chi connectivity index (χ1v) is 4.29. The van der Waals surface area contributed by atoms with Crippen LogP contribution >= 0.6 is 0 Å². The highest BCUT2D eigenvalue weighted by Crippen LogP contribution is 2.14. The molecule has 14 heavy (non-hydrogen) atoms. The number of rotatable bonds is 2. The molecule has 0 atom stereocenters. The number of hydrogen-bond donors (Lipinski definition) is 2. The Morgan fingerprint density at radius 1 is 1.43 bits per heavy atom. The Bertz CT molecular complexity index is 330. The van der Waals surface area contributed by atoms with Crippen LogP contribution in [0.4, 0.5) is 4.39 Å². The quantitative estimate of drug-likeness (QED) is 0.757. The molecule has 0 aliphatic carbocycles. The minimum atomic E-state index is -0.626. The van der Waals surface area contributed by atoms with E-state index in [1.54, 1.807) is 13.8 Å². The second kappa shape index (κ2) is 4.09. The first-order chi connectivity index (χ1) is 6.49. The lowest BCUT2D eigenvalue weighted by Crippen LogP contribution is -2.30. The van der Waals surface area contributed by atoms with Crippen molar-refractivity contribution in [3.05, 3.63) is 29.6 Å². The molecule has 0 saturated heterocycles. The summed E-state index contributed by atoms with van der Waals surface area (Å²) in [7, 11) is 0. The van der Waals surface area contributed by atoms with Crippen molar-refractivity contribution in [2.45, 2.75) is 19.9 Å². The summed E-state index contributed by atoms with van der Waals surface area (Å²) in [4.78, 5) is 11.4. The maximum atomic E-state index is 12.8. The number of aromatic hydroxyl groups is 1. The van der Waals surface area contributed by atoms with Gasteiger partial charge in [0.05, 0.1) is 0 Å². The average Bonchev–Trinajstić information content (AvgIpc) is 2.00. The molecule has 0 aromatic heterocycles. The molecular formula is C10H12FNO2. The Hall–Kier alpha value is -1.58. The van der Waals surface area contributed by atoms with E-state index >= 15 is 0 Å². The zero-order chi connectivity index (χ0) is 10.7. The SMILES string of the molecule is CC(C)NC(=O)c1cc(O)cc(F)c1. The molecule has 0 saturated carbocycles. The lowest BCUT2D eigenvalue weighted by atomic mass is 10.2. The van der Waals surface area contributed by atoms with E-state index in [0.717, 1.165) is 12.1 Å². The van der Waals surface area contributed by atoms with Crippen molar-refractivity contribution in [3.63, 3.8) is 0 Å². The topological polar surface area (TPSA) is 49.3 Å². The first-order valence-electron chi connectivity index (χ1n) is 4.29. The van der Waals surface area contributed by atoms with Gasteiger partial charge in [0, 0.05) is 17.7 Å². The summed E-state index contributed by atoms with van der Waals surface area (Å²) in [5.41, 5.74) is 0.121. The van der Waals surface area contributed by atoms with Crippen molar-refractivity contribution >= 4 is 5.91 Å². The molecule has 0 bridgehead atoms. The van der Waals surface area contributed by atoms with Gasteiger partial charge in [-0.15, -0.1) is 0 Å². The van der Waals surface area contributed by atoms with Crippen molar-refractivity contribution in [1.82, 2.24) is 5.32 Å². The molecule has 0 radical (unpaired) electrons. The molecule has 4 heteroatoms. The van der Waals surface area contributed by atoms with Crippen molar-refractivity contribution in [2.75, 3.05) is 0 Å². The van der Waals surface area contributed by atoms with Crippen molar-refractivity contribution in [2.24, 2.45) is 0 Å². The smallest absolute Gasteiger partial charge is 0.251 e. The summed E-state index contributed by atoms with van der Waals surface area (Å²) >= 11 is 0. The molecule has 1 rings (SSSR count). The van der Waals surface area contributed by atoms with Crippen LogP contribution in [-0.2, 0) is 0 Å². The maximum absolute atomic E-state index is 12.8. The fraction of sp³-hybridized carbons (Fsp3) is 0.300. The zero-order valence-corrected chi connectivity index (χ0v) is 8.04. The number of carbonyl (C=O) groups excluding carboxylic acids is 1. The van der Waals surface area contributed by atoms with Crippen LogP contribution in [0.25, 0.3) is 0 Å². The van der Waals surface area contributed by atoms with Crippen LogP contribution in [0.15, 0.2) is 18.2 Å². The lowest BCUT2D eigenvalue weighted by Gasteiger charge is -2.08. The van der Waals surface area contributed by atoms with Crippen molar-refractivity contribution in [1.29, 1.82) is 0 Å². The lowest BCUT2D eigenvalue weighted by molar-refractivity contribution is 0.0942. The number of hydrogen-bond acceptors (Lipinski definition) is 2. The van der Waals surface area contributed by atoms with Crippen LogP contribution in [0.2, 0.25) is 0 Å². The predicted molar refractivity (Wildman–Crippen MR) is 50.7 cm³/mol. The Kier molecular flexibility index (Phi) is 3.06. The first kappa shape index (κ1) is 10.5. The third kappa shape index (κ3) is 2.73. The molecule has 0 spiro atoms. The highest BCUT2D eigenvalue weighted by atomic mass is 19.1. The molecule has 3 nitrogen and oxygen atoms in total. The van der Waals surface area contributed by atoms with Crippen LogP contribution in [0, 0.1) is 5.82 Å². The number of phenolic OH excluding ortho intramolecular Hbond substituents is 1. The highest BCUT2D eigenvalue weighted by Gasteiger charge is 2.09. The number of halogens is 1. The van der Waals surface area contributed by atoms with Gasteiger partial charge in [-0.3, -0.25) is 4.79 Å². The van der Waals surface area contributed by atoms with Crippen molar-refractivity contribution < 1.29 is 14.3 Å². The van der Waals surface area contributed by atoms with E-state index < -0.39 is 11.7 Å². The standard InChI is InChI=1S/C10H12FNO2/c1-6(2)12-10(14)7-3-8(11)5-9(13)4-7/h3-6,13H,1-2H3,(H,12,14). The summed E-state index contributed by atoms with van der Waals surface area (Å²) in [6.07, 6.45) is 0. The molecule has 0 aliphatic heterocycles. The number of phenols is 1. The van der Waals surface area contributed by atoms with Gasteiger partial charge in [-0.1, -0.05) is 0 Å². The molecule has 2 N–H and O–H groups in total. The summed E-state index contributed by atoms with van der Waals surface area (Å²) in [6.45, 7) is 3.61. The number of amides is 1. The van der Waals surface area contributed by atoms with Crippen LogP contribution in [0.5, 0.6) is 5.75 Å². The van der Waals surface area contributed by atoms with Gasteiger partial charge in [0.2, 0.25) is 0 Å². The maximum Gasteiger partial charge on any atom is 0.251 e. The van der Waals surface area contributed by atoms with E-state index in [-0.39, 0.29) is 17.4 Å². The molecule has 1 amide bonds.